The first-order chi connectivity index (χ1) is 10.7. The van der Waals surface area contributed by atoms with Crippen LogP contribution in [0.4, 0.5) is 0 Å². The van der Waals surface area contributed by atoms with Crippen molar-refractivity contribution >= 4 is 5.78 Å². The molecule has 0 unspecified atom stereocenters. The van der Waals surface area contributed by atoms with E-state index in [4.69, 9.17) is 0 Å². The van der Waals surface area contributed by atoms with E-state index >= 15 is 0 Å². The first-order valence-corrected chi connectivity index (χ1v) is 7.38. The summed E-state index contributed by atoms with van der Waals surface area (Å²) >= 11 is 0. The van der Waals surface area contributed by atoms with Crippen molar-refractivity contribution in [2.24, 2.45) is 0 Å². The summed E-state index contributed by atoms with van der Waals surface area (Å²) in [6.07, 6.45) is 1.45. The molecule has 108 valence electrons. The molecule has 1 aliphatic rings. The first-order valence-electron chi connectivity index (χ1n) is 7.38. The van der Waals surface area contributed by atoms with E-state index in [0.717, 1.165) is 40.2 Å². The molecule has 1 heterocycles. The maximum atomic E-state index is 11.7. The molecule has 0 fully saturated rings. The van der Waals surface area contributed by atoms with Gasteiger partial charge in [0.05, 0.1) is 11.4 Å². The first kappa shape index (κ1) is 13.0. The molecule has 0 saturated heterocycles. The third-order valence-corrected chi connectivity index (χ3v) is 4.20. The molecule has 1 aromatic heterocycles. The monoisotopic (exact) mass is 289 g/mol. The fourth-order valence-electron chi connectivity index (χ4n) is 3.01. The average molecular weight is 289 g/mol. The SMILES string of the molecule is Cc1c(-c2ccc3c(c2)CCC3=O)nnn1-c1ccccc1. The van der Waals surface area contributed by atoms with Gasteiger partial charge in [0.2, 0.25) is 0 Å². The van der Waals surface area contributed by atoms with Crippen LogP contribution in [0.5, 0.6) is 0 Å². The summed E-state index contributed by atoms with van der Waals surface area (Å²) in [6, 6.07) is 15.9. The number of carbonyl (C=O) groups is 1. The number of Topliss-reactive ketones (excluding diaryl/α,β-unsaturated/α-hetero) is 1. The third kappa shape index (κ3) is 1.96. The fraction of sp³-hybridized carbons (Fsp3) is 0.167. The molecule has 0 radical (unpaired) electrons. The topological polar surface area (TPSA) is 47.8 Å². The van der Waals surface area contributed by atoms with Gasteiger partial charge in [0.1, 0.15) is 5.69 Å². The lowest BCUT2D eigenvalue weighted by atomic mass is 10.0. The number of nitrogens with zero attached hydrogens (tertiary/aromatic N) is 3. The number of fused-ring (bicyclic) bond motifs is 1. The van der Waals surface area contributed by atoms with Crippen molar-refractivity contribution in [3.8, 4) is 16.9 Å². The van der Waals surface area contributed by atoms with Crippen LogP contribution in [0.25, 0.3) is 16.9 Å². The summed E-state index contributed by atoms with van der Waals surface area (Å²) in [7, 11) is 0. The number of hydrogen-bond donors (Lipinski definition) is 0. The van der Waals surface area contributed by atoms with Crippen LogP contribution in [0.15, 0.2) is 48.5 Å². The van der Waals surface area contributed by atoms with Gasteiger partial charge in [0, 0.05) is 17.5 Å². The van der Waals surface area contributed by atoms with Crippen LogP contribution < -0.4 is 0 Å². The van der Waals surface area contributed by atoms with Crippen molar-refractivity contribution in [3.05, 3.63) is 65.4 Å². The van der Waals surface area contributed by atoms with E-state index in [-0.39, 0.29) is 5.78 Å². The van der Waals surface area contributed by atoms with Gasteiger partial charge in [-0.3, -0.25) is 4.79 Å². The molecule has 0 aliphatic heterocycles. The Labute approximate surface area is 128 Å². The van der Waals surface area contributed by atoms with Gasteiger partial charge in [-0.25, -0.2) is 4.68 Å². The highest BCUT2D eigenvalue weighted by Crippen LogP contribution is 2.29. The fourth-order valence-corrected chi connectivity index (χ4v) is 3.01. The van der Waals surface area contributed by atoms with Crippen molar-refractivity contribution < 1.29 is 4.79 Å². The van der Waals surface area contributed by atoms with Crippen molar-refractivity contribution in [2.75, 3.05) is 0 Å². The van der Waals surface area contributed by atoms with E-state index < -0.39 is 0 Å². The maximum Gasteiger partial charge on any atom is 0.163 e. The highest BCUT2D eigenvalue weighted by atomic mass is 16.1. The molecule has 4 heteroatoms. The van der Waals surface area contributed by atoms with E-state index in [1.807, 2.05) is 54.1 Å². The van der Waals surface area contributed by atoms with Crippen LogP contribution in [0.3, 0.4) is 0 Å². The molecule has 0 spiro atoms. The molecule has 4 nitrogen and oxygen atoms in total. The minimum atomic E-state index is 0.242. The number of hydrogen-bond acceptors (Lipinski definition) is 3. The van der Waals surface area contributed by atoms with E-state index in [9.17, 15) is 4.79 Å². The summed E-state index contributed by atoms with van der Waals surface area (Å²) in [6.45, 7) is 2.01. The van der Waals surface area contributed by atoms with E-state index in [2.05, 4.69) is 16.4 Å². The van der Waals surface area contributed by atoms with E-state index in [0.29, 0.717) is 6.42 Å². The predicted octanol–water partition coefficient (Wildman–Crippen LogP) is 3.37. The zero-order valence-corrected chi connectivity index (χ0v) is 12.3. The summed E-state index contributed by atoms with van der Waals surface area (Å²) in [5.74, 6) is 0.242. The Hall–Kier alpha value is -2.75. The maximum absolute atomic E-state index is 11.7. The minimum absolute atomic E-state index is 0.242. The summed E-state index contributed by atoms with van der Waals surface area (Å²) in [5.41, 5.74) is 5.86. The third-order valence-electron chi connectivity index (χ3n) is 4.20. The standard InChI is InChI=1S/C18H15N3O/c1-12-18(19-20-21(12)15-5-3-2-4-6-15)14-7-9-16-13(11-14)8-10-17(16)22/h2-7,9,11H,8,10H2,1H3. The molecular formula is C18H15N3O. The van der Waals surface area contributed by atoms with Crippen LogP contribution in [-0.4, -0.2) is 20.8 Å². The van der Waals surface area contributed by atoms with Gasteiger partial charge in [0.15, 0.2) is 5.78 Å². The largest absolute Gasteiger partial charge is 0.294 e. The second-order valence-electron chi connectivity index (χ2n) is 5.57. The van der Waals surface area contributed by atoms with Crippen molar-refractivity contribution in [1.29, 1.82) is 0 Å². The average Bonchev–Trinajstić information content (AvgIpc) is 3.11. The quantitative estimate of drug-likeness (QED) is 0.726. The number of rotatable bonds is 2. The highest BCUT2D eigenvalue weighted by molar-refractivity contribution is 6.00. The minimum Gasteiger partial charge on any atom is -0.294 e. The number of benzene rings is 2. The van der Waals surface area contributed by atoms with Crippen molar-refractivity contribution in [2.45, 2.75) is 19.8 Å². The van der Waals surface area contributed by atoms with Crippen molar-refractivity contribution in [1.82, 2.24) is 15.0 Å². The second kappa shape index (κ2) is 4.91. The second-order valence-corrected chi connectivity index (χ2v) is 5.57. The van der Waals surface area contributed by atoms with E-state index in [1.165, 1.54) is 0 Å². The summed E-state index contributed by atoms with van der Waals surface area (Å²) in [4.78, 5) is 11.7. The zero-order valence-electron chi connectivity index (χ0n) is 12.3. The molecule has 0 saturated carbocycles. The Morgan fingerprint density at radius 2 is 1.86 bits per heavy atom. The zero-order chi connectivity index (χ0) is 15.1. The molecule has 2 aromatic carbocycles. The highest BCUT2D eigenvalue weighted by Gasteiger charge is 2.21. The van der Waals surface area contributed by atoms with Gasteiger partial charge >= 0.3 is 0 Å². The lowest BCUT2D eigenvalue weighted by Crippen LogP contribution is -1.98. The lowest BCUT2D eigenvalue weighted by molar-refractivity contribution is 0.0994. The molecule has 0 amide bonds. The number of ketones is 1. The van der Waals surface area contributed by atoms with Crippen LogP contribution in [0.1, 0.15) is 28.0 Å². The van der Waals surface area contributed by atoms with E-state index in [1.54, 1.807) is 0 Å². The number of aryl methyl sites for hydroxylation is 1. The summed E-state index contributed by atoms with van der Waals surface area (Å²) in [5, 5.41) is 8.61. The molecule has 0 atom stereocenters. The molecule has 0 N–H and O–H groups in total. The molecular weight excluding hydrogens is 274 g/mol. The Morgan fingerprint density at radius 1 is 1.05 bits per heavy atom. The van der Waals surface area contributed by atoms with Gasteiger partial charge in [-0.15, -0.1) is 5.10 Å². The molecule has 1 aliphatic carbocycles. The summed E-state index contributed by atoms with van der Waals surface area (Å²) < 4.78 is 1.84. The van der Waals surface area contributed by atoms with Gasteiger partial charge in [-0.2, -0.15) is 0 Å². The van der Waals surface area contributed by atoms with Crippen LogP contribution in [0, 0.1) is 6.92 Å². The van der Waals surface area contributed by atoms with Gasteiger partial charge < -0.3 is 0 Å². The smallest absolute Gasteiger partial charge is 0.163 e. The normalized spacial score (nSPS) is 13.4. The molecule has 22 heavy (non-hydrogen) atoms. The number of carbonyl (C=O) groups excluding carboxylic acids is 1. The van der Waals surface area contributed by atoms with Gasteiger partial charge in [-0.05, 0) is 37.1 Å². The predicted molar refractivity (Wildman–Crippen MR) is 84.2 cm³/mol. The Morgan fingerprint density at radius 3 is 2.68 bits per heavy atom. The number of para-hydroxylation sites is 1. The van der Waals surface area contributed by atoms with Gasteiger partial charge in [0.25, 0.3) is 0 Å². The Bertz CT molecular complexity index is 865. The number of aromatic nitrogens is 3. The van der Waals surface area contributed by atoms with Crippen LogP contribution in [-0.2, 0) is 6.42 Å². The molecule has 4 rings (SSSR count). The lowest BCUT2D eigenvalue weighted by Gasteiger charge is -2.05. The van der Waals surface area contributed by atoms with Crippen LogP contribution >= 0.6 is 0 Å². The molecule has 0 bridgehead atoms. The Kier molecular flexibility index (Phi) is 2.89. The van der Waals surface area contributed by atoms with Crippen molar-refractivity contribution in [3.63, 3.8) is 0 Å². The molecule has 3 aromatic rings. The van der Waals surface area contributed by atoms with Crippen LogP contribution in [0.2, 0.25) is 0 Å². The van der Waals surface area contributed by atoms with Gasteiger partial charge in [-0.1, -0.05) is 35.5 Å². The Balaban J connectivity index is 1.79.